The summed E-state index contributed by atoms with van der Waals surface area (Å²) in [6.45, 7) is 2.51. The summed E-state index contributed by atoms with van der Waals surface area (Å²) < 4.78 is 11.7. The Hall–Kier alpha value is -0.580. The molecule has 3 nitrogen and oxygen atoms in total. The molecule has 0 spiro atoms. The van der Waals surface area contributed by atoms with Crippen LogP contribution in [0.4, 0.5) is 0 Å². The number of nitrogens with one attached hydrogen (secondary N) is 1. The molecule has 1 aliphatic rings. The summed E-state index contributed by atoms with van der Waals surface area (Å²) in [6, 6.07) is 6.58. The van der Waals surface area contributed by atoms with Gasteiger partial charge in [0.1, 0.15) is 5.75 Å². The van der Waals surface area contributed by atoms with Gasteiger partial charge in [-0.1, -0.05) is 22.0 Å². The van der Waals surface area contributed by atoms with Gasteiger partial charge in [-0.2, -0.15) is 0 Å². The molecule has 4 heteroatoms. The molecule has 1 heterocycles. The molecule has 16 heavy (non-hydrogen) atoms. The molecule has 1 aliphatic heterocycles. The van der Waals surface area contributed by atoms with E-state index in [4.69, 9.17) is 9.47 Å². The summed E-state index contributed by atoms with van der Waals surface area (Å²) >= 11 is 3.43. The lowest BCUT2D eigenvalue weighted by molar-refractivity contribution is 0.189. The molecule has 88 valence electrons. The number of halogens is 1. The molecule has 1 fully saturated rings. The largest absolute Gasteiger partial charge is 0.496 e. The molecular weight excluding hydrogens is 270 g/mol. The zero-order valence-electron chi connectivity index (χ0n) is 9.33. The zero-order valence-corrected chi connectivity index (χ0v) is 10.9. The quantitative estimate of drug-likeness (QED) is 0.921. The molecule has 0 radical (unpaired) electrons. The maximum atomic E-state index is 5.34. The number of hydrogen-bond acceptors (Lipinski definition) is 3. The average Bonchev–Trinajstić information content (AvgIpc) is 2.80. The highest BCUT2D eigenvalue weighted by molar-refractivity contribution is 9.10. The van der Waals surface area contributed by atoms with Gasteiger partial charge in [-0.15, -0.1) is 0 Å². The lowest BCUT2D eigenvalue weighted by atomic mass is 10.2. The van der Waals surface area contributed by atoms with Gasteiger partial charge in [-0.25, -0.2) is 0 Å². The number of rotatable bonds is 4. The predicted molar refractivity (Wildman–Crippen MR) is 66.8 cm³/mol. The van der Waals surface area contributed by atoms with Crippen LogP contribution >= 0.6 is 15.9 Å². The van der Waals surface area contributed by atoms with E-state index in [-0.39, 0.29) is 0 Å². The zero-order chi connectivity index (χ0) is 11.4. The van der Waals surface area contributed by atoms with E-state index in [9.17, 15) is 0 Å². The van der Waals surface area contributed by atoms with Crippen molar-refractivity contribution in [2.75, 3.05) is 20.3 Å². The van der Waals surface area contributed by atoms with Crippen molar-refractivity contribution < 1.29 is 9.47 Å². The molecule has 0 aromatic heterocycles. The minimum atomic E-state index is 0.480. The first-order valence-electron chi connectivity index (χ1n) is 5.43. The molecular formula is C12H16BrNO2. The van der Waals surface area contributed by atoms with Crippen LogP contribution in [0, 0.1) is 0 Å². The second-order valence-electron chi connectivity index (χ2n) is 3.90. The first-order chi connectivity index (χ1) is 7.79. The third-order valence-electron chi connectivity index (χ3n) is 2.76. The van der Waals surface area contributed by atoms with Gasteiger partial charge in [0.25, 0.3) is 0 Å². The summed E-state index contributed by atoms with van der Waals surface area (Å²) in [5.41, 5.74) is 1.18. The summed E-state index contributed by atoms with van der Waals surface area (Å²) in [5, 5.41) is 3.47. The van der Waals surface area contributed by atoms with Crippen LogP contribution in [0.25, 0.3) is 0 Å². The molecule has 2 rings (SSSR count). The molecule has 0 aliphatic carbocycles. The molecule has 1 unspecified atom stereocenters. The van der Waals surface area contributed by atoms with E-state index in [0.717, 1.165) is 36.4 Å². The summed E-state index contributed by atoms with van der Waals surface area (Å²) in [5.74, 6) is 0.917. The van der Waals surface area contributed by atoms with Crippen LogP contribution in [0.3, 0.4) is 0 Å². The van der Waals surface area contributed by atoms with Gasteiger partial charge in [0.15, 0.2) is 0 Å². The second kappa shape index (κ2) is 5.66. The minimum absolute atomic E-state index is 0.480. The molecule has 0 saturated carbocycles. The van der Waals surface area contributed by atoms with Crippen molar-refractivity contribution in [2.24, 2.45) is 0 Å². The maximum Gasteiger partial charge on any atom is 0.124 e. The van der Waals surface area contributed by atoms with Gasteiger partial charge in [0.2, 0.25) is 0 Å². The van der Waals surface area contributed by atoms with Crippen LogP contribution in [0.5, 0.6) is 5.75 Å². The summed E-state index contributed by atoms with van der Waals surface area (Å²) in [7, 11) is 1.70. The Balaban J connectivity index is 1.97. The van der Waals surface area contributed by atoms with Gasteiger partial charge in [0, 0.05) is 29.2 Å². The molecule has 0 bridgehead atoms. The van der Waals surface area contributed by atoms with Gasteiger partial charge < -0.3 is 14.8 Å². The topological polar surface area (TPSA) is 30.5 Å². The Morgan fingerprint density at radius 3 is 3.12 bits per heavy atom. The molecule has 1 atom stereocenters. The van der Waals surface area contributed by atoms with Gasteiger partial charge in [-0.3, -0.25) is 0 Å². The number of benzene rings is 1. The second-order valence-corrected chi connectivity index (χ2v) is 4.81. The van der Waals surface area contributed by atoms with E-state index >= 15 is 0 Å². The van der Waals surface area contributed by atoms with Crippen molar-refractivity contribution in [1.82, 2.24) is 5.32 Å². The standard InChI is InChI=1S/C12H16BrNO2/c1-15-12-6-10(13)3-2-9(12)7-14-11-4-5-16-8-11/h2-3,6,11,14H,4-5,7-8H2,1H3. The van der Waals surface area contributed by atoms with Crippen LogP contribution in [-0.4, -0.2) is 26.4 Å². The van der Waals surface area contributed by atoms with Crippen LogP contribution in [0.2, 0.25) is 0 Å². The van der Waals surface area contributed by atoms with E-state index in [0.29, 0.717) is 6.04 Å². The Kier molecular flexibility index (Phi) is 4.21. The highest BCUT2D eigenvalue weighted by atomic mass is 79.9. The third kappa shape index (κ3) is 2.97. The fourth-order valence-corrected chi connectivity index (χ4v) is 2.15. The smallest absolute Gasteiger partial charge is 0.124 e. The fraction of sp³-hybridized carbons (Fsp3) is 0.500. The SMILES string of the molecule is COc1cc(Br)ccc1CNC1CCOC1. The Bertz CT molecular complexity index is 351. The summed E-state index contributed by atoms with van der Waals surface area (Å²) in [4.78, 5) is 0. The molecule has 1 N–H and O–H groups in total. The van der Waals surface area contributed by atoms with E-state index in [1.807, 2.05) is 12.1 Å². The van der Waals surface area contributed by atoms with Gasteiger partial charge in [0.05, 0.1) is 13.7 Å². The van der Waals surface area contributed by atoms with Crippen molar-refractivity contribution >= 4 is 15.9 Å². The number of ether oxygens (including phenoxy) is 2. The molecule has 0 amide bonds. The average molecular weight is 286 g/mol. The number of methoxy groups -OCH3 is 1. The van der Waals surface area contributed by atoms with Crippen LogP contribution in [0.1, 0.15) is 12.0 Å². The van der Waals surface area contributed by atoms with E-state index < -0.39 is 0 Å². The molecule has 1 aromatic rings. The Labute approximate surface area is 104 Å². The Morgan fingerprint density at radius 2 is 2.44 bits per heavy atom. The highest BCUT2D eigenvalue weighted by Crippen LogP contribution is 2.23. The highest BCUT2D eigenvalue weighted by Gasteiger charge is 2.15. The van der Waals surface area contributed by atoms with E-state index in [2.05, 4.69) is 27.3 Å². The van der Waals surface area contributed by atoms with Gasteiger partial charge >= 0.3 is 0 Å². The monoisotopic (exact) mass is 285 g/mol. The normalized spacial score (nSPS) is 20.0. The van der Waals surface area contributed by atoms with Crippen molar-refractivity contribution in [3.8, 4) is 5.75 Å². The van der Waals surface area contributed by atoms with Crippen LogP contribution in [0.15, 0.2) is 22.7 Å². The van der Waals surface area contributed by atoms with Crippen molar-refractivity contribution in [3.63, 3.8) is 0 Å². The van der Waals surface area contributed by atoms with Crippen LogP contribution < -0.4 is 10.1 Å². The first kappa shape index (κ1) is 11.9. The first-order valence-corrected chi connectivity index (χ1v) is 6.22. The van der Waals surface area contributed by atoms with Crippen LogP contribution in [-0.2, 0) is 11.3 Å². The molecule has 1 aromatic carbocycles. The minimum Gasteiger partial charge on any atom is -0.496 e. The fourth-order valence-electron chi connectivity index (χ4n) is 1.81. The summed E-state index contributed by atoms with van der Waals surface area (Å²) in [6.07, 6.45) is 1.10. The van der Waals surface area contributed by atoms with Crippen molar-refractivity contribution in [3.05, 3.63) is 28.2 Å². The maximum absolute atomic E-state index is 5.34. The molecule has 1 saturated heterocycles. The van der Waals surface area contributed by atoms with Crippen molar-refractivity contribution in [2.45, 2.75) is 19.0 Å². The van der Waals surface area contributed by atoms with Crippen molar-refractivity contribution in [1.29, 1.82) is 0 Å². The lowest BCUT2D eigenvalue weighted by Crippen LogP contribution is -2.28. The van der Waals surface area contributed by atoms with Gasteiger partial charge in [-0.05, 0) is 18.6 Å². The number of hydrogen-bond donors (Lipinski definition) is 1. The van der Waals surface area contributed by atoms with E-state index in [1.54, 1.807) is 7.11 Å². The Morgan fingerprint density at radius 1 is 1.56 bits per heavy atom. The lowest BCUT2D eigenvalue weighted by Gasteiger charge is -2.13. The predicted octanol–water partition coefficient (Wildman–Crippen LogP) is 2.34. The third-order valence-corrected chi connectivity index (χ3v) is 3.25. The van der Waals surface area contributed by atoms with E-state index in [1.165, 1.54) is 5.56 Å².